The number of furan rings is 1. The number of benzene rings is 2. The number of nitrogens with zero attached hydrogens (tertiary/aromatic N) is 2. The highest BCUT2D eigenvalue weighted by molar-refractivity contribution is 6.13. The lowest BCUT2D eigenvalue weighted by atomic mass is 10.1. The number of nitrogens with one attached hydrogen (secondary N) is 1. The second-order valence-electron chi connectivity index (χ2n) is 7.33. The van der Waals surface area contributed by atoms with Crippen LogP contribution < -0.4 is 5.32 Å². The van der Waals surface area contributed by atoms with Crippen LogP contribution in [0.2, 0.25) is 0 Å². The number of carbonyl (C=O) groups is 2. The predicted octanol–water partition coefficient (Wildman–Crippen LogP) is 4.56. The highest BCUT2D eigenvalue weighted by atomic mass is 16.6. The van der Waals surface area contributed by atoms with E-state index in [1.54, 1.807) is 18.2 Å². The average molecular weight is 417 g/mol. The molecule has 3 aromatic rings. The lowest BCUT2D eigenvalue weighted by Gasteiger charge is -2.12. The monoisotopic (exact) mass is 417 g/mol. The maximum absolute atomic E-state index is 12.7. The summed E-state index contributed by atoms with van der Waals surface area (Å²) in [5.41, 5.74) is 3.36. The molecule has 1 aromatic heterocycles. The van der Waals surface area contributed by atoms with Gasteiger partial charge in [-0.15, -0.1) is 0 Å². The van der Waals surface area contributed by atoms with Crippen LogP contribution in [0.5, 0.6) is 0 Å². The number of amides is 3. The van der Waals surface area contributed by atoms with Gasteiger partial charge in [0.25, 0.3) is 11.6 Å². The first kappa shape index (κ1) is 20.1. The van der Waals surface area contributed by atoms with Gasteiger partial charge in [0.1, 0.15) is 17.2 Å². The smallest absolute Gasteiger partial charge is 0.329 e. The van der Waals surface area contributed by atoms with E-state index in [1.165, 1.54) is 18.2 Å². The van der Waals surface area contributed by atoms with Crippen LogP contribution in [0.1, 0.15) is 22.5 Å². The molecule has 2 aromatic carbocycles. The van der Waals surface area contributed by atoms with Crippen molar-refractivity contribution in [2.45, 2.75) is 20.4 Å². The second-order valence-corrected chi connectivity index (χ2v) is 7.33. The van der Waals surface area contributed by atoms with Crippen molar-refractivity contribution in [2.75, 3.05) is 0 Å². The molecule has 1 saturated heterocycles. The van der Waals surface area contributed by atoms with Crippen LogP contribution in [0.4, 0.5) is 10.5 Å². The van der Waals surface area contributed by atoms with Gasteiger partial charge in [0.15, 0.2) is 0 Å². The summed E-state index contributed by atoms with van der Waals surface area (Å²) in [4.78, 5) is 36.8. The summed E-state index contributed by atoms with van der Waals surface area (Å²) in [6.45, 7) is 3.93. The Morgan fingerprint density at radius 3 is 2.65 bits per heavy atom. The van der Waals surface area contributed by atoms with E-state index in [1.807, 2.05) is 38.1 Å². The number of aryl methyl sites for hydroxylation is 2. The van der Waals surface area contributed by atoms with Crippen LogP contribution in [0.3, 0.4) is 0 Å². The van der Waals surface area contributed by atoms with Crippen LogP contribution in [0.25, 0.3) is 17.4 Å². The van der Waals surface area contributed by atoms with Gasteiger partial charge in [-0.3, -0.25) is 19.8 Å². The van der Waals surface area contributed by atoms with Crippen molar-refractivity contribution >= 4 is 23.7 Å². The van der Waals surface area contributed by atoms with Gasteiger partial charge in [-0.05, 0) is 37.1 Å². The van der Waals surface area contributed by atoms with E-state index in [0.717, 1.165) is 21.6 Å². The fourth-order valence-corrected chi connectivity index (χ4v) is 3.41. The Bertz CT molecular complexity index is 1240. The summed E-state index contributed by atoms with van der Waals surface area (Å²) in [6.07, 6.45) is 1.45. The van der Waals surface area contributed by atoms with Gasteiger partial charge in [0.05, 0.1) is 11.5 Å². The van der Waals surface area contributed by atoms with Gasteiger partial charge in [0.2, 0.25) is 0 Å². The van der Waals surface area contributed by atoms with Crippen LogP contribution >= 0.6 is 0 Å². The maximum atomic E-state index is 12.7. The number of urea groups is 1. The molecule has 1 aliphatic rings. The molecule has 4 rings (SSSR count). The zero-order valence-electron chi connectivity index (χ0n) is 16.9. The van der Waals surface area contributed by atoms with Gasteiger partial charge in [-0.25, -0.2) is 4.79 Å². The van der Waals surface area contributed by atoms with E-state index in [9.17, 15) is 19.7 Å². The van der Waals surface area contributed by atoms with Gasteiger partial charge < -0.3 is 9.73 Å². The van der Waals surface area contributed by atoms with E-state index >= 15 is 0 Å². The quantitative estimate of drug-likeness (QED) is 0.283. The summed E-state index contributed by atoms with van der Waals surface area (Å²) in [5, 5.41) is 13.6. The third-order valence-corrected chi connectivity index (χ3v) is 5.00. The fourth-order valence-electron chi connectivity index (χ4n) is 3.41. The first-order valence-corrected chi connectivity index (χ1v) is 9.57. The molecule has 8 nitrogen and oxygen atoms in total. The number of nitro benzene ring substituents is 1. The Hall–Kier alpha value is -4.20. The van der Waals surface area contributed by atoms with Gasteiger partial charge >= 0.3 is 6.03 Å². The highest BCUT2D eigenvalue weighted by Crippen LogP contribution is 2.30. The Balaban J connectivity index is 1.57. The average Bonchev–Trinajstić information content (AvgIpc) is 3.28. The molecule has 1 N–H and O–H groups in total. The van der Waals surface area contributed by atoms with Crippen LogP contribution in [-0.4, -0.2) is 21.8 Å². The SMILES string of the molecule is Cc1cccc(CN2C(=O)N/C(=C/c3ccc(-c4cc([N+](=O)[O-])ccc4C)o3)C2=O)c1. The van der Waals surface area contributed by atoms with E-state index < -0.39 is 16.9 Å². The molecule has 0 atom stereocenters. The minimum absolute atomic E-state index is 0.0399. The Morgan fingerprint density at radius 1 is 1.10 bits per heavy atom. The zero-order chi connectivity index (χ0) is 22.1. The van der Waals surface area contributed by atoms with Crippen molar-refractivity contribution in [3.8, 4) is 11.3 Å². The summed E-state index contributed by atoms with van der Waals surface area (Å²) < 4.78 is 5.78. The molecule has 2 heterocycles. The molecule has 31 heavy (non-hydrogen) atoms. The third-order valence-electron chi connectivity index (χ3n) is 5.00. The molecule has 1 aliphatic heterocycles. The molecule has 3 amide bonds. The van der Waals surface area contributed by atoms with Crippen molar-refractivity contribution in [1.29, 1.82) is 0 Å². The third kappa shape index (κ3) is 4.09. The molecule has 0 aliphatic carbocycles. The highest BCUT2D eigenvalue weighted by Gasteiger charge is 2.33. The van der Waals surface area contributed by atoms with Crippen LogP contribution in [-0.2, 0) is 11.3 Å². The topological polar surface area (TPSA) is 106 Å². The summed E-state index contributed by atoms with van der Waals surface area (Å²) in [6, 6.07) is 14.9. The Kier molecular flexibility index (Phi) is 5.12. The molecule has 156 valence electrons. The summed E-state index contributed by atoms with van der Waals surface area (Å²) in [7, 11) is 0. The minimum atomic E-state index is -0.501. The fraction of sp³-hybridized carbons (Fsp3) is 0.130. The first-order chi connectivity index (χ1) is 14.8. The van der Waals surface area contributed by atoms with E-state index in [4.69, 9.17) is 4.42 Å². The van der Waals surface area contributed by atoms with E-state index in [2.05, 4.69) is 5.32 Å². The Labute approximate surface area is 177 Å². The lowest BCUT2D eigenvalue weighted by molar-refractivity contribution is -0.384. The van der Waals surface area contributed by atoms with Crippen molar-refractivity contribution in [3.05, 3.63) is 92.9 Å². The molecule has 8 heteroatoms. The summed E-state index contributed by atoms with van der Waals surface area (Å²) >= 11 is 0. The molecular formula is C23H19N3O5. The van der Waals surface area contributed by atoms with E-state index in [0.29, 0.717) is 17.1 Å². The number of rotatable bonds is 5. The van der Waals surface area contributed by atoms with Gasteiger partial charge in [-0.1, -0.05) is 35.9 Å². The number of non-ortho nitro benzene ring substituents is 1. The van der Waals surface area contributed by atoms with Crippen molar-refractivity contribution in [2.24, 2.45) is 0 Å². The summed E-state index contributed by atoms with van der Waals surface area (Å²) in [5.74, 6) is 0.333. The van der Waals surface area contributed by atoms with Crippen LogP contribution in [0, 0.1) is 24.0 Å². The number of carbonyl (C=O) groups excluding carboxylic acids is 2. The van der Waals surface area contributed by atoms with Crippen molar-refractivity contribution in [3.63, 3.8) is 0 Å². The van der Waals surface area contributed by atoms with E-state index in [-0.39, 0.29) is 17.9 Å². The van der Waals surface area contributed by atoms with Crippen molar-refractivity contribution < 1.29 is 18.9 Å². The van der Waals surface area contributed by atoms with Gasteiger partial charge in [-0.2, -0.15) is 0 Å². The number of nitro groups is 1. The number of imide groups is 1. The Morgan fingerprint density at radius 2 is 1.90 bits per heavy atom. The minimum Gasteiger partial charge on any atom is -0.457 e. The molecule has 1 fully saturated rings. The molecule has 0 radical (unpaired) electrons. The molecule has 0 spiro atoms. The largest absolute Gasteiger partial charge is 0.457 e. The number of hydrogen-bond acceptors (Lipinski definition) is 5. The first-order valence-electron chi connectivity index (χ1n) is 9.57. The van der Waals surface area contributed by atoms with Gasteiger partial charge in [0, 0.05) is 23.8 Å². The second kappa shape index (κ2) is 7.91. The van der Waals surface area contributed by atoms with Crippen molar-refractivity contribution in [1.82, 2.24) is 10.2 Å². The van der Waals surface area contributed by atoms with Crippen LogP contribution in [0.15, 0.2) is 64.7 Å². The normalized spacial score (nSPS) is 14.9. The molecule has 0 unspecified atom stereocenters. The lowest BCUT2D eigenvalue weighted by Crippen LogP contribution is -2.30. The molecule has 0 saturated carbocycles. The molecular weight excluding hydrogens is 398 g/mol. The standard InChI is InChI=1S/C23H19N3O5/c1-14-4-3-5-16(10-14)13-25-22(27)20(24-23(25)28)12-18-8-9-21(31-18)19-11-17(26(29)30)7-6-15(19)2/h3-12H,13H2,1-2H3,(H,24,28)/b20-12+. The molecule has 0 bridgehead atoms. The maximum Gasteiger partial charge on any atom is 0.329 e. The predicted molar refractivity (Wildman–Crippen MR) is 114 cm³/mol. The number of hydrogen-bond donors (Lipinski definition) is 1. The zero-order valence-corrected chi connectivity index (χ0v) is 16.9.